The second-order valence-electron chi connectivity index (χ2n) is 8.31. The average Bonchev–Trinajstić information content (AvgIpc) is 3.31. The van der Waals surface area contributed by atoms with Crippen molar-refractivity contribution in [1.29, 1.82) is 0 Å². The van der Waals surface area contributed by atoms with Crippen molar-refractivity contribution in [3.8, 4) is 0 Å². The third kappa shape index (κ3) is 4.52. The summed E-state index contributed by atoms with van der Waals surface area (Å²) in [5.41, 5.74) is 2.20. The number of amides is 1. The highest BCUT2D eigenvalue weighted by Crippen LogP contribution is 2.25. The molecule has 6 nitrogen and oxygen atoms in total. The number of carbonyl (C=O) groups excluding carboxylic acids is 1. The highest BCUT2D eigenvalue weighted by Gasteiger charge is 2.27. The zero-order chi connectivity index (χ0) is 21.1. The summed E-state index contributed by atoms with van der Waals surface area (Å²) in [6.45, 7) is 5.50. The van der Waals surface area contributed by atoms with E-state index in [1.165, 1.54) is 28.9 Å². The molecule has 0 aliphatic carbocycles. The molecule has 2 saturated heterocycles. The fourth-order valence-corrected chi connectivity index (χ4v) is 5.66. The maximum absolute atomic E-state index is 12.8. The number of hydrogen-bond donors (Lipinski definition) is 1. The molecule has 1 N–H and O–H groups in total. The standard InChI is InChI=1S/C23H29N3O3S/c1-18-11-15-25(16-12-18)21-9-7-20(8-10-21)24-23(27)19-5-4-6-22(17-19)30(28,29)26-13-2-3-14-26/h4-10,17-18H,2-3,11-16H2,1H3,(H,24,27). The lowest BCUT2D eigenvalue weighted by Crippen LogP contribution is -2.32. The maximum atomic E-state index is 12.8. The van der Waals surface area contributed by atoms with Crippen molar-refractivity contribution in [3.05, 3.63) is 54.1 Å². The van der Waals surface area contributed by atoms with Crippen molar-refractivity contribution in [3.63, 3.8) is 0 Å². The normalized spacial score (nSPS) is 18.5. The summed E-state index contributed by atoms with van der Waals surface area (Å²) in [4.78, 5) is 15.3. The molecule has 2 fully saturated rings. The van der Waals surface area contributed by atoms with Gasteiger partial charge in [0.05, 0.1) is 4.90 Å². The summed E-state index contributed by atoms with van der Waals surface area (Å²) >= 11 is 0. The van der Waals surface area contributed by atoms with Gasteiger partial charge in [-0.1, -0.05) is 13.0 Å². The zero-order valence-electron chi connectivity index (χ0n) is 17.4. The first-order valence-corrected chi connectivity index (χ1v) is 12.1. The Morgan fingerprint density at radius 3 is 2.30 bits per heavy atom. The van der Waals surface area contributed by atoms with E-state index in [-0.39, 0.29) is 10.8 Å². The highest BCUT2D eigenvalue weighted by atomic mass is 32.2. The fourth-order valence-electron chi connectivity index (χ4n) is 4.10. The number of piperidine rings is 1. The molecule has 2 aliphatic heterocycles. The second kappa shape index (κ2) is 8.78. The molecule has 2 aromatic rings. The minimum atomic E-state index is -3.54. The van der Waals surface area contributed by atoms with Gasteiger partial charge in [0.2, 0.25) is 10.0 Å². The number of nitrogens with zero attached hydrogens (tertiary/aromatic N) is 2. The second-order valence-corrected chi connectivity index (χ2v) is 10.2. The van der Waals surface area contributed by atoms with Crippen LogP contribution >= 0.6 is 0 Å². The minimum Gasteiger partial charge on any atom is -0.372 e. The molecule has 0 spiro atoms. The van der Waals surface area contributed by atoms with Crippen molar-refractivity contribution in [2.24, 2.45) is 5.92 Å². The summed E-state index contributed by atoms with van der Waals surface area (Å²) in [7, 11) is -3.54. The Bertz CT molecular complexity index is 991. The molecular weight excluding hydrogens is 398 g/mol. The van der Waals surface area contributed by atoms with Crippen molar-refractivity contribution in [2.45, 2.75) is 37.5 Å². The number of anilines is 2. The molecule has 0 unspecified atom stereocenters. The van der Waals surface area contributed by atoms with Crippen molar-refractivity contribution < 1.29 is 13.2 Å². The molecule has 1 amide bonds. The van der Waals surface area contributed by atoms with E-state index in [4.69, 9.17) is 0 Å². The number of benzene rings is 2. The first-order chi connectivity index (χ1) is 14.4. The third-order valence-electron chi connectivity index (χ3n) is 6.07. The molecule has 7 heteroatoms. The van der Waals surface area contributed by atoms with Gasteiger partial charge in [0, 0.05) is 43.1 Å². The molecule has 0 atom stereocenters. The van der Waals surface area contributed by atoms with Crippen LogP contribution in [0.5, 0.6) is 0 Å². The smallest absolute Gasteiger partial charge is 0.255 e. The summed E-state index contributed by atoms with van der Waals surface area (Å²) in [5, 5.41) is 2.88. The van der Waals surface area contributed by atoms with Gasteiger partial charge in [0.25, 0.3) is 5.91 Å². The van der Waals surface area contributed by atoms with Crippen molar-refractivity contribution in [1.82, 2.24) is 4.31 Å². The molecule has 0 saturated carbocycles. The monoisotopic (exact) mass is 427 g/mol. The summed E-state index contributed by atoms with van der Waals surface area (Å²) < 4.78 is 27.0. The summed E-state index contributed by atoms with van der Waals surface area (Å²) in [6.07, 6.45) is 4.17. The van der Waals surface area contributed by atoms with E-state index in [0.717, 1.165) is 31.8 Å². The van der Waals surface area contributed by atoms with Gasteiger partial charge in [-0.15, -0.1) is 0 Å². The van der Waals surface area contributed by atoms with Gasteiger partial charge in [-0.05, 0) is 74.1 Å². The van der Waals surface area contributed by atoms with Crippen LogP contribution in [0.25, 0.3) is 0 Å². The van der Waals surface area contributed by atoms with Crippen LogP contribution in [0.1, 0.15) is 43.0 Å². The SMILES string of the molecule is CC1CCN(c2ccc(NC(=O)c3cccc(S(=O)(=O)N4CCCC4)c3)cc2)CC1. The lowest BCUT2D eigenvalue weighted by Gasteiger charge is -2.32. The Morgan fingerprint density at radius 2 is 1.63 bits per heavy atom. The number of carbonyl (C=O) groups is 1. The van der Waals surface area contributed by atoms with Crippen LogP contribution in [0.15, 0.2) is 53.4 Å². The van der Waals surface area contributed by atoms with Gasteiger partial charge in [-0.25, -0.2) is 8.42 Å². The molecule has 4 rings (SSSR count). The van der Waals surface area contributed by atoms with Gasteiger partial charge in [0.15, 0.2) is 0 Å². The molecule has 0 bridgehead atoms. The van der Waals surface area contributed by atoms with E-state index < -0.39 is 10.0 Å². The van der Waals surface area contributed by atoms with Gasteiger partial charge in [0.1, 0.15) is 0 Å². The van der Waals surface area contributed by atoms with Gasteiger partial charge in [-0.2, -0.15) is 4.31 Å². The molecule has 2 aromatic carbocycles. The van der Waals surface area contributed by atoms with E-state index in [0.29, 0.717) is 24.3 Å². The molecule has 160 valence electrons. The molecule has 0 radical (unpaired) electrons. The van der Waals surface area contributed by atoms with Gasteiger partial charge in [-0.3, -0.25) is 4.79 Å². The van der Waals surface area contributed by atoms with Crippen LogP contribution in [0, 0.1) is 5.92 Å². The summed E-state index contributed by atoms with van der Waals surface area (Å²) in [5.74, 6) is 0.470. The Hall–Kier alpha value is -2.38. The first kappa shape index (κ1) is 20.9. The van der Waals surface area contributed by atoms with E-state index in [1.807, 2.05) is 24.3 Å². The van der Waals surface area contributed by atoms with E-state index in [1.54, 1.807) is 18.2 Å². The van der Waals surface area contributed by atoms with Crippen molar-refractivity contribution in [2.75, 3.05) is 36.4 Å². The predicted molar refractivity (Wildman–Crippen MR) is 119 cm³/mol. The Kier molecular flexibility index (Phi) is 6.11. The third-order valence-corrected chi connectivity index (χ3v) is 7.97. The zero-order valence-corrected chi connectivity index (χ0v) is 18.2. The fraction of sp³-hybridized carbons (Fsp3) is 0.435. The maximum Gasteiger partial charge on any atom is 0.255 e. The Labute approximate surface area is 178 Å². The van der Waals surface area contributed by atoms with Crippen LogP contribution in [-0.2, 0) is 10.0 Å². The lowest BCUT2D eigenvalue weighted by molar-refractivity contribution is 0.102. The molecule has 2 aliphatic rings. The van der Waals surface area contributed by atoms with E-state index in [2.05, 4.69) is 17.1 Å². The van der Waals surface area contributed by atoms with Crippen LogP contribution < -0.4 is 10.2 Å². The largest absolute Gasteiger partial charge is 0.372 e. The quantitative estimate of drug-likeness (QED) is 0.784. The van der Waals surface area contributed by atoms with Gasteiger partial charge >= 0.3 is 0 Å². The lowest BCUT2D eigenvalue weighted by atomic mass is 9.99. The van der Waals surface area contributed by atoms with Crippen LogP contribution in [-0.4, -0.2) is 44.8 Å². The van der Waals surface area contributed by atoms with Crippen LogP contribution in [0.2, 0.25) is 0 Å². The van der Waals surface area contributed by atoms with Crippen LogP contribution in [0.3, 0.4) is 0 Å². The predicted octanol–water partition coefficient (Wildman–Crippen LogP) is 3.96. The number of hydrogen-bond acceptors (Lipinski definition) is 4. The van der Waals surface area contributed by atoms with Crippen molar-refractivity contribution >= 4 is 27.3 Å². The Balaban J connectivity index is 1.44. The van der Waals surface area contributed by atoms with E-state index >= 15 is 0 Å². The molecule has 2 heterocycles. The highest BCUT2D eigenvalue weighted by molar-refractivity contribution is 7.89. The Morgan fingerprint density at radius 1 is 0.967 bits per heavy atom. The number of nitrogens with one attached hydrogen (secondary N) is 1. The molecule has 0 aromatic heterocycles. The minimum absolute atomic E-state index is 0.173. The van der Waals surface area contributed by atoms with Gasteiger partial charge < -0.3 is 10.2 Å². The average molecular weight is 428 g/mol. The topological polar surface area (TPSA) is 69.7 Å². The van der Waals surface area contributed by atoms with Crippen LogP contribution in [0.4, 0.5) is 11.4 Å². The number of rotatable bonds is 5. The molecule has 30 heavy (non-hydrogen) atoms. The van der Waals surface area contributed by atoms with E-state index in [9.17, 15) is 13.2 Å². The molecular formula is C23H29N3O3S. The number of sulfonamides is 1. The first-order valence-electron chi connectivity index (χ1n) is 10.7. The summed E-state index contributed by atoms with van der Waals surface area (Å²) in [6, 6.07) is 14.1.